The SMILES string of the molecule is CSc1cccc(N/C=C(/C#N)C(=O)N2CCC(Cc3ccccc3)CC2)c1. The van der Waals surface area contributed by atoms with Crippen molar-refractivity contribution < 1.29 is 4.79 Å². The van der Waals surface area contributed by atoms with E-state index in [0.29, 0.717) is 19.0 Å². The van der Waals surface area contributed by atoms with E-state index in [1.165, 1.54) is 11.8 Å². The number of carbonyl (C=O) groups excluding carboxylic acids is 1. The minimum atomic E-state index is -0.186. The second-order valence-corrected chi connectivity index (χ2v) is 7.85. The summed E-state index contributed by atoms with van der Waals surface area (Å²) < 4.78 is 0. The molecule has 1 fully saturated rings. The molecule has 28 heavy (non-hydrogen) atoms. The molecule has 0 bridgehead atoms. The lowest BCUT2D eigenvalue weighted by Crippen LogP contribution is -2.39. The van der Waals surface area contributed by atoms with Gasteiger partial charge in [-0.1, -0.05) is 36.4 Å². The van der Waals surface area contributed by atoms with E-state index in [1.54, 1.807) is 16.7 Å². The van der Waals surface area contributed by atoms with Crippen LogP contribution in [0.15, 0.2) is 71.3 Å². The fraction of sp³-hybridized carbons (Fsp3) is 0.304. The normalized spacial score (nSPS) is 15.1. The number of nitrogens with one attached hydrogen (secondary N) is 1. The van der Waals surface area contributed by atoms with E-state index in [4.69, 9.17) is 0 Å². The van der Waals surface area contributed by atoms with Crippen LogP contribution in [0.25, 0.3) is 0 Å². The van der Waals surface area contributed by atoms with Crippen LogP contribution < -0.4 is 5.32 Å². The minimum absolute atomic E-state index is 0.149. The van der Waals surface area contributed by atoms with E-state index in [0.717, 1.165) is 29.8 Å². The number of likely N-dealkylation sites (tertiary alicyclic amines) is 1. The maximum Gasteiger partial charge on any atom is 0.266 e. The summed E-state index contributed by atoms with van der Waals surface area (Å²) >= 11 is 1.65. The number of carbonyl (C=O) groups is 1. The predicted octanol–water partition coefficient (Wildman–Crippen LogP) is 4.71. The highest BCUT2D eigenvalue weighted by molar-refractivity contribution is 7.98. The Bertz CT molecular complexity index is 865. The molecule has 1 aliphatic heterocycles. The van der Waals surface area contributed by atoms with Crippen LogP contribution in [-0.2, 0) is 11.2 Å². The van der Waals surface area contributed by atoms with Gasteiger partial charge in [-0.15, -0.1) is 11.8 Å². The van der Waals surface area contributed by atoms with Gasteiger partial charge in [0.1, 0.15) is 11.6 Å². The number of benzene rings is 2. The number of nitriles is 1. The molecule has 3 rings (SSSR count). The Balaban J connectivity index is 1.55. The third-order valence-corrected chi connectivity index (χ3v) is 5.80. The molecule has 144 valence electrons. The van der Waals surface area contributed by atoms with Crippen LogP contribution in [0.4, 0.5) is 5.69 Å². The highest BCUT2D eigenvalue weighted by atomic mass is 32.2. The molecule has 0 spiro atoms. The second kappa shape index (κ2) is 10.0. The van der Waals surface area contributed by atoms with Gasteiger partial charge in [0.15, 0.2) is 0 Å². The molecule has 1 aliphatic rings. The Morgan fingerprint density at radius 2 is 1.96 bits per heavy atom. The molecule has 0 aliphatic carbocycles. The van der Waals surface area contributed by atoms with E-state index in [1.807, 2.05) is 36.6 Å². The van der Waals surface area contributed by atoms with Crippen LogP contribution >= 0.6 is 11.8 Å². The van der Waals surface area contributed by atoms with Crippen molar-refractivity contribution in [1.29, 1.82) is 5.26 Å². The molecule has 5 heteroatoms. The number of amides is 1. The van der Waals surface area contributed by atoms with Gasteiger partial charge in [0.2, 0.25) is 0 Å². The molecule has 2 aromatic rings. The number of nitrogens with zero attached hydrogens (tertiary/aromatic N) is 2. The summed E-state index contributed by atoms with van der Waals surface area (Å²) in [6, 6.07) is 20.4. The smallest absolute Gasteiger partial charge is 0.266 e. The van der Waals surface area contributed by atoms with E-state index in [-0.39, 0.29) is 11.5 Å². The summed E-state index contributed by atoms with van der Waals surface area (Å²) in [5.41, 5.74) is 2.37. The number of thioether (sulfide) groups is 1. The highest BCUT2D eigenvalue weighted by Gasteiger charge is 2.25. The van der Waals surface area contributed by atoms with Gasteiger partial charge in [-0.3, -0.25) is 4.79 Å². The van der Waals surface area contributed by atoms with Gasteiger partial charge in [-0.05, 0) is 55.2 Å². The Labute approximate surface area is 171 Å². The van der Waals surface area contributed by atoms with Gasteiger partial charge in [0.25, 0.3) is 5.91 Å². The van der Waals surface area contributed by atoms with E-state index in [2.05, 4.69) is 35.7 Å². The molecule has 1 amide bonds. The first kappa shape index (κ1) is 20.0. The lowest BCUT2D eigenvalue weighted by molar-refractivity contribution is -0.128. The van der Waals surface area contributed by atoms with Crippen molar-refractivity contribution >= 4 is 23.4 Å². The maximum absolute atomic E-state index is 12.7. The molecule has 0 radical (unpaired) electrons. The number of anilines is 1. The molecule has 2 aromatic carbocycles. The zero-order valence-electron chi connectivity index (χ0n) is 16.1. The lowest BCUT2D eigenvalue weighted by atomic mass is 9.90. The molecule has 1 heterocycles. The van der Waals surface area contributed by atoms with Crippen molar-refractivity contribution in [2.24, 2.45) is 5.92 Å². The van der Waals surface area contributed by atoms with Crippen LogP contribution in [0.1, 0.15) is 18.4 Å². The van der Waals surface area contributed by atoms with Gasteiger partial charge in [0, 0.05) is 29.9 Å². The summed E-state index contributed by atoms with van der Waals surface area (Å²) in [5, 5.41) is 12.5. The first-order valence-corrected chi connectivity index (χ1v) is 10.8. The number of hydrogen-bond donors (Lipinski definition) is 1. The number of hydrogen-bond acceptors (Lipinski definition) is 4. The van der Waals surface area contributed by atoms with Gasteiger partial charge in [-0.2, -0.15) is 5.26 Å². The second-order valence-electron chi connectivity index (χ2n) is 6.97. The summed E-state index contributed by atoms with van der Waals surface area (Å²) in [7, 11) is 0. The lowest BCUT2D eigenvalue weighted by Gasteiger charge is -2.32. The van der Waals surface area contributed by atoms with Crippen molar-refractivity contribution in [3.63, 3.8) is 0 Å². The van der Waals surface area contributed by atoms with Gasteiger partial charge in [-0.25, -0.2) is 0 Å². The minimum Gasteiger partial charge on any atom is -0.360 e. The van der Waals surface area contributed by atoms with E-state index < -0.39 is 0 Å². The third kappa shape index (κ3) is 5.40. The number of rotatable bonds is 6. The van der Waals surface area contributed by atoms with Crippen LogP contribution in [0, 0.1) is 17.2 Å². The summed E-state index contributed by atoms with van der Waals surface area (Å²) in [6.07, 6.45) is 6.54. The maximum atomic E-state index is 12.7. The summed E-state index contributed by atoms with van der Waals surface area (Å²) in [4.78, 5) is 15.7. The summed E-state index contributed by atoms with van der Waals surface area (Å²) in [6.45, 7) is 1.41. The quantitative estimate of drug-likeness (QED) is 0.440. The molecule has 1 saturated heterocycles. The Kier molecular flexibility index (Phi) is 7.16. The standard InChI is InChI=1S/C23H25N3OS/c1-28-22-9-5-8-21(15-22)25-17-20(16-24)23(27)26-12-10-19(11-13-26)14-18-6-3-2-4-7-18/h2-9,15,17,19,25H,10-14H2,1H3/b20-17-. The van der Waals surface area contributed by atoms with E-state index in [9.17, 15) is 10.1 Å². The molecular weight excluding hydrogens is 366 g/mol. The largest absolute Gasteiger partial charge is 0.360 e. The Morgan fingerprint density at radius 1 is 1.21 bits per heavy atom. The average molecular weight is 392 g/mol. The van der Waals surface area contributed by atoms with Crippen molar-refractivity contribution in [3.05, 3.63) is 71.9 Å². The average Bonchev–Trinajstić information content (AvgIpc) is 2.75. The third-order valence-electron chi connectivity index (χ3n) is 5.07. The zero-order chi connectivity index (χ0) is 19.8. The van der Waals surface area contributed by atoms with E-state index >= 15 is 0 Å². The van der Waals surface area contributed by atoms with Crippen molar-refractivity contribution in [3.8, 4) is 6.07 Å². The highest BCUT2D eigenvalue weighted by Crippen LogP contribution is 2.23. The molecule has 0 unspecified atom stereocenters. The molecule has 0 atom stereocenters. The molecule has 4 nitrogen and oxygen atoms in total. The van der Waals surface area contributed by atoms with Gasteiger partial charge >= 0.3 is 0 Å². The molecule has 0 aromatic heterocycles. The first-order valence-electron chi connectivity index (χ1n) is 9.53. The van der Waals surface area contributed by atoms with Crippen LogP contribution in [0.3, 0.4) is 0 Å². The van der Waals surface area contributed by atoms with Crippen LogP contribution in [0.2, 0.25) is 0 Å². The fourth-order valence-electron chi connectivity index (χ4n) is 3.47. The van der Waals surface area contributed by atoms with Crippen molar-refractivity contribution in [2.75, 3.05) is 24.7 Å². The Morgan fingerprint density at radius 3 is 2.64 bits per heavy atom. The van der Waals surface area contributed by atoms with Crippen molar-refractivity contribution in [1.82, 2.24) is 4.90 Å². The predicted molar refractivity (Wildman–Crippen MR) is 115 cm³/mol. The first-order chi connectivity index (χ1) is 13.7. The molecular formula is C23H25N3OS. The van der Waals surface area contributed by atoms with Crippen LogP contribution in [-0.4, -0.2) is 30.2 Å². The van der Waals surface area contributed by atoms with Gasteiger partial charge < -0.3 is 10.2 Å². The fourth-order valence-corrected chi connectivity index (χ4v) is 3.93. The van der Waals surface area contributed by atoms with Crippen LogP contribution in [0.5, 0.6) is 0 Å². The zero-order valence-corrected chi connectivity index (χ0v) is 16.9. The van der Waals surface area contributed by atoms with Gasteiger partial charge in [0.05, 0.1) is 0 Å². The molecule has 0 saturated carbocycles. The summed E-state index contributed by atoms with van der Waals surface area (Å²) in [5.74, 6) is 0.405. The van der Waals surface area contributed by atoms with Crippen molar-refractivity contribution in [2.45, 2.75) is 24.2 Å². The molecule has 1 N–H and O–H groups in total. The Hall–Kier alpha value is -2.71. The topological polar surface area (TPSA) is 56.1 Å². The monoisotopic (exact) mass is 391 g/mol. The number of piperidine rings is 1.